The second-order valence-corrected chi connectivity index (χ2v) is 5.42. The highest BCUT2D eigenvalue weighted by atomic mass is 16.5. The van der Waals surface area contributed by atoms with Crippen molar-refractivity contribution >= 4 is 0 Å². The first-order valence-electron chi connectivity index (χ1n) is 7.52. The van der Waals surface area contributed by atoms with Crippen molar-refractivity contribution in [2.75, 3.05) is 6.61 Å². The van der Waals surface area contributed by atoms with Crippen LogP contribution in [0.2, 0.25) is 0 Å². The smallest absolute Gasteiger partial charge is 0.119 e. The zero-order valence-electron chi connectivity index (χ0n) is 13.0. The Morgan fingerprint density at radius 1 is 1.13 bits per heavy atom. The highest BCUT2D eigenvalue weighted by molar-refractivity contribution is 5.58. The molecule has 0 fully saturated rings. The quantitative estimate of drug-likeness (QED) is 0.760. The Kier molecular flexibility index (Phi) is 4.68. The van der Waals surface area contributed by atoms with E-state index in [1.54, 1.807) is 23.3 Å². The summed E-state index contributed by atoms with van der Waals surface area (Å²) in [4.78, 5) is 4.02. The van der Waals surface area contributed by atoms with Gasteiger partial charge in [-0.25, -0.2) is 0 Å². The molecular weight excluding hydrogens is 290 g/mol. The van der Waals surface area contributed by atoms with E-state index in [2.05, 4.69) is 10.1 Å². The van der Waals surface area contributed by atoms with Gasteiger partial charge in [0.25, 0.3) is 0 Å². The number of aliphatic hydroxyl groups is 1. The van der Waals surface area contributed by atoms with Gasteiger partial charge in [0.2, 0.25) is 0 Å². The number of hydrogen-bond donors (Lipinski definition) is 1. The molecule has 5 heteroatoms. The number of pyridine rings is 1. The molecule has 0 bridgehead atoms. The Hall–Kier alpha value is -2.66. The Balaban J connectivity index is 1.63. The average molecular weight is 309 g/mol. The lowest BCUT2D eigenvalue weighted by Gasteiger charge is -2.14. The lowest BCUT2D eigenvalue weighted by Crippen LogP contribution is -2.24. The molecule has 0 spiro atoms. The lowest BCUT2D eigenvalue weighted by atomic mass is 10.2. The second-order valence-electron chi connectivity index (χ2n) is 5.42. The Bertz CT molecular complexity index is 756. The van der Waals surface area contributed by atoms with Crippen molar-refractivity contribution in [3.63, 3.8) is 0 Å². The number of aryl methyl sites for hydroxylation is 1. The predicted octanol–water partition coefficient (Wildman–Crippen LogP) is 2.69. The van der Waals surface area contributed by atoms with Crippen molar-refractivity contribution in [2.24, 2.45) is 0 Å². The number of ether oxygens (including phenoxy) is 1. The van der Waals surface area contributed by atoms with Crippen LogP contribution in [0.4, 0.5) is 0 Å². The fraction of sp³-hybridized carbons (Fsp3) is 0.222. The molecule has 0 aliphatic rings. The molecule has 5 nitrogen and oxygen atoms in total. The van der Waals surface area contributed by atoms with Gasteiger partial charge in [0.1, 0.15) is 18.5 Å². The van der Waals surface area contributed by atoms with Crippen molar-refractivity contribution in [3.8, 4) is 17.0 Å². The normalized spacial score (nSPS) is 12.1. The third-order valence-electron chi connectivity index (χ3n) is 3.51. The van der Waals surface area contributed by atoms with Crippen molar-refractivity contribution in [1.82, 2.24) is 14.8 Å². The van der Waals surface area contributed by atoms with E-state index in [0.717, 1.165) is 22.6 Å². The van der Waals surface area contributed by atoms with Crippen LogP contribution in [0.1, 0.15) is 5.56 Å². The Labute approximate surface area is 135 Å². The number of aliphatic hydroxyl groups excluding tert-OH is 1. The van der Waals surface area contributed by atoms with Crippen LogP contribution in [-0.4, -0.2) is 32.6 Å². The van der Waals surface area contributed by atoms with E-state index in [-0.39, 0.29) is 6.61 Å². The van der Waals surface area contributed by atoms with Gasteiger partial charge in [0, 0.05) is 24.2 Å². The molecule has 23 heavy (non-hydrogen) atoms. The van der Waals surface area contributed by atoms with Crippen LogP contribution >= 0.6 is 0 Å². The van der Waals surface area contributed by atoms with Crippen LogP contribution in [0.25, 0.3) is 11.3 Å². The van der Waals surface area contributed by atoms with Gasteiger partial charge in [0.15, 0.2) is 0 Å². The van der Waals surface area contributed by atoms with Crippen LogP contribution in [0.5, 0.6) is 5.75 Å². The number of aromatic nitrogens is 3. The third-order valence-corrected chi connectivity index (χ3v) is 3.51. The summed E-state index contributed by atoms with van der Waals surface area (Å²) in [5, 5.41) is 14.5. The first kappa shape index (κ1) is 15.2. The van der Waals surface area contributed by atoms with E-state index in [9.17, 15) is 5.11 Å². The molecule has 1 atom stereocenters. The third kappa shape index (κ3) is 3.96. The maximum atomic E-state index is 10.2. The number of hydrogen-bond acceptors (Lipinski definition) is 4. The van der Waals surface area contributed by atoms with Gasteiger partial charge in [-0.05, 0) is 42.8 Å². The van der Waals surface area contributed by atoms with Crippen LogP contribution in [-0.2, 0) is 6.54 Å². The number of nitrogens with zero attached hydrogens (tertiary/aromatic N) is 3. The molecule has 0 saturated heterocycles. The molecule has 1 aromatic carbocycles. The summed E-state index contributed by atoms with van der Waals surface area (Å²) in [6.45, 7) is 2.60. The molecule has 118 valence electrons. The Morgan fingerprint density at radius 2 is 1.96 bits per heavy atom. The molecule has 0 aliphatic carbocycles. The summed E-state index contributed by atoms with van der Waals surface area (Å²) in [7, 11) is 0. The van der Waals surface area contributed by atoms with Crippen LogP contribution in [0.3, 0.4) is 0 Å². The topological polar surface area (TPSA) is 60.2 Å². The van der Waals surface area contributed by atoms with Gasteiger partial charge in [-0.15, -0.1) is 0 Å². The maximum absolute atomic E-state index is 10.2. The van der Waals surface area contributed by atoms with E-state index in [4.69, 9.17) is 4.74 Å². The fourth-order valence-electron chi connectivity index (χ4n) is 2.40. The molecule has 0 aliphatic heterocycles. The zero-order valence-corrected chi connectivity index (χ0v) is 13.0. The number of rotatable bonds is 6. The zero-order chi connectivity index (χ0) is 16.1. The summed E-state index contributed by atoms with van der Waals surface area (Å²) in [6.07, 6.45) is 4.56. The van der Waals surface area contributed by atoms with Crippen LogP contribution < -0.4 is 4.74 Å². The van der Waals surface area contributed by atoms with Gasteiger partial charge in [0.05, 0.1) is 12.2 Å². The molecule has 3 rings (SSSR count). The second kappa shape index (κ2) is 7.07. The van der Waals surface area contributed by atoms with Gasteiger partial charge >= 0.3 is 0 Å². The minimum atomic E-state index is -0.643. The summed E-state index contributed by atoms with van der Waals surface area (Å²) in [5.74, 6) is 0.763. The molecule has 0 radical (unpaired) electrons. The highest BCUT2D eigenvalue weighted by Gasteiger charge is 2.11. The van der Waals surface area contributed by atoms with E-state index in [1.807, 2.05) is 49.4 Å². The fourth-order valence-corrected chi connectivity index (χ4v) is 2.40. The molecule has 3 aromatic rings. The highest BCUT2D eigenvalue weighted by Crippen LogP contribution is 2.18. The average Bonchev–Trinajstić information content (AvgIpc) is 3.02. The largest absolute Gasteiger partial charge is 0.491 e. The number of benzene rings is 1. The van der Waals surface area contributed by atoms with E-state index < -0.39 is 6.10 Å². The molecule has 2 aromatic heterocycles. The van der Waals surface area contributed by atoms with E-state index in [1.165, 1.54) is 0 Å². The van der Waals surface area contributed by atoms with Crippen LogP contribution in [0.15, 0.2) is 61.1 Å². The molecule has 1 N–H and O–H groups in total. The van der Waals surface area contributed by atoms with Crippen molar-refractivity contribution in [2.45, 2.75) is 19.6 Å². The van der Waals surface area contributed by atoms with E-state index in [0.29, 0.717) is 6.54 Å². The SMILES string of the molecule is Cc1cccc(OCC(O)Cn2nccc2-c2ccncc2)c1. The van der Waals surface area contributed by atoms with Crippen molar-refractivity contribution < 1.29 is 9.84 Å². The molecular formula is C18H19N3O2. The van der Waals surface area contributed by atoms with E-state index >= 15 is 0 Å². The maximum Gasteiger partial charge on any atom is 0.119 e. The van der Waals surface area contributed by atoms with Gasteiger partial charge < -0.3 is 9.84 Å². The predicted molar refractivity (Wildman–Crippen MR) is 88.1 cm³/mol. The summed E-state index contributed by atoms with van der Waals surface area (Å²) >= 11 is 0. The molecule has 0 amide bonds. The molecule has 1 unspecified atom stereocenters. The molecule has 0 saturated carbocycles. The monoisotopic (exact) mass is 309 g/mol. The first-order chi connectivity index (χ1) is 11.2. The molecule has 2 heterocycles. The minimum absolute atomic E-state index is 0.221. The first-order valence-corrected chi connectivity index (χ1v) is 7.52. The van der Waals surface area contributed by atoms with Crippen molar-refractivity contribution in [3.05, 3.63) is 66.6 Å². The van der Waals surface area contributed by atoms with Crippen molar-refractivity contribution in [1.29, 1.82) is 0 Å². The Morgan fingerprint density at radius 3 is 2.74 bits per heavy atom. The summed E-state index contributed by atoms with van der Waals surface area (Å²) in [5.41, 5.74) is 3.09. The minimum Gasteiger partial charge on any atom is -0.491 e. The summed E-state index contributed by atoms with van der Waals surface area (Å²) < 4.78 is 7.42. The summed E-state index contributed by atoms with van der Waals surface area (Å²) in [6, 6.07) is 13.5. The van der Waals surface area contributed by atoms with Gasteiger partial charge in [-0.3, -0.25) is 9.67 Å². The van der Waals surface area contributed by atoms with Gasteiger partial charge in [-0.2, -0.15) is 5.10 Å². The standard InChI is InChI=1S/C18H19N3O2/c1-14-3-2-4-17(11-14)23-13-16(22)12-21-18(7-10-20-21)15-5-8-19-9-6-15/h2-11,16,22H,12-13H2,1H3. The lowest BCUT2D eigenvalue weighted by molar-refractivity contribution is 0.0897. The van der Waals surface area contributed by atoms with Crippen LogP contribution in [0, 0.1) is 6.92 Å². The van der Waals surface area contributed by atoms with Gasteiger partial charge in [-0.1, -0.05) is 12.1 Å².